The number of nitrogens with one attached hydrogen (secondary N) is 3. The van der Waals surface area contributed by atoms with Crippen molar-refractivity contribution in [3.05, 3.63) is 72.0 Å². The van der Waals surface area contributed by atoms with E-state index in [1.165, 1.54) is 37.8 Å². The second-order valence-corrected chi connectivity index (χ2v) is 11.8. The number of rotatable bonds is 10. The highest BCUT2D eigenvalue weighted by Crippen LogP contribution is 2.36. The molecule has 0 bridgehead atoms. The number of hydrogen-bond acceptors (Lipinski definition) is 4. The maximum absolute atomic E-state index is 13.6. The molecule has 0 aromatic heterocycles. The van der Waals surface area contributed by atoms with Crippen LogP contribution in [0, 0.1) is 11.7 Å². The zero-order chi connectivity index (χ0) is 28.0. The molecular formula is C32H39ClFN3O2. The van der Waals surface area contributed by atoms with E-state index in [9.17, 15) is 9.18 Å². The number of benzene rings is 3. The molecule has 208 valence electrons. The number of carbonyl (C=O) groups excluding carboxylic acids is 1. The smallest absolute Gasteiger partial charge is 0.247 e. The van der Waals surface area contributed by atoms with Crippen LogP contribution in [0.2, 0.25) is 5.02 Å². The van der Waals surface area contributed by atoms with Gasteiger partial charge in [0.05, 0.1) is 17.3 Å². The summed E-state index contributed by atoms with van der Waals surface area (Å²) in [4.78, 5) is 12.2. The van der Waals surface area contributed by atoms with Gasteiger partial charge in [0.15, 0.2) is 0 Å². The van der Waals surface area contributed by atoms with Crippen molar-refractivity contribution in [1.29, 1.82) is 0 Å². The van der Waals surface area contributed by atoms with Gasteiger partial charge in [0.2, 0.25) is 5.91 Å². The fraction of sp³-hybridized carbons (Fsp3) is 0.406. The summed E-state index contributed by atoms with van der Waals surface area (Å²) in [5.41, 5.74) is 2.20. The van der Waals surface area contributed by atoms with Crippen LogP contribution >= 0.6 is 11.6 Å². The first-order valence-electron chi connectivity index (χ1n) is 13.7. The second-order valence-electron chi connectivity index (χ2n) is 11.4. The molecule has 0 heterocycles. The van der Waals surface area contributed by atoms with E-state index in [-0.39, 0.29) is 16.5 Å². The lowest BCUT2D eigenvalue weighted by Crippen LogP contribution is -2.45. The van der Waals surface area contributed by atoms with Crippen molar-refractivity contribution in [2.45, 2.75) is 70.9 Å². The average molecular weight is 552 g/mol. The van der Waals surface area contributed by atoms with Gasteiger partial charge in [0.25, 0.3) is 0 Å². The normalized spacial score (nSPS) is 17.6. The number of fused-ring (bicyclic) bond motifs is 1. The number of carbonyl (C=O) groups is 1. The van der Waals surface area contributed by atoms with E-state index in [0.29, 0.717) is 29.8 Å². The number of halogens is 2. The van der Waals surface area contributed by atoms with Crippen molar-refractivity contribution in [2.75, 3.05) is 17.2 Å². The Kier molecular flexibility index (Phi) is 9.52. The van der Waals surface area contributed by atoms with Crippen molar-refractivity contribution in [3.63, 3.8) is 0 Å². The Bertz CT molecular complexity index is 1310. The van der Waals surface area contributed by atoms with Gasteiger partial charge in [-0.3, -0.25) is 4.79 Å². The Hall–Kier alpha value is -3.09. The van der Waals surface area contributed by atoms with Crippen LogP contribution in [0.15, 0.2) is 61.2 Å². The zero-order valence-corrected chi connectivity index (χ0v) is 23.8. The monoisotopic (exact) mass is 551 g/mol. The number of amides is 1. The van der Waals surface area contributed by atoms with Crippen LogP contribution in [0.4, 0.5) is 21.5 Å². The topological polar surface area (TPSA) is 62.4 Å². The van der Waals surface area contributed by atoms with E-state index in [4.69, 9.17) is 16.3 Å². The molecule has 0 spiro atoms. The molecule has 0 unspecified atom stereocenters. The molecule has 0 saturated heterocycles. The lowest BCUT2D eigenvalue weighted by atomic mass is 9.83. The first kappa shape index (κ1) is 28.9. The molecule has 0 radical (unpaired) electrons. The molecule has 1 aliphatic rings. The molecule has 39 heavy (non-hydrogen) atoms. The van der Waals surface area contributed by atoms with Crippen LogP contribution < -0.4 is 20.7 Å². The minimum Gasteiger partial charge on any atom is -0.491 e. The molecule has 4 rings (SSSR count). The predicted molar refractivity (Wildman–Crippen MR) is 161 cm³/mol. The summed E-state index contributed by atoms with van der Waals surface area (Å²) >= 11 is 5.97. The number of ether oxygens (including phenoxy) is 1. The largest absolute Gasteiger partial charge is 0.491 e. The van der Waals surface area contributed by atoms with Crippen LogP contribution in [-0.4, -0.2) is 24.1 Å². The molecule has 1 fully saturated rings. The van der Waals surface area contributed by atoms with Crippen molar-refractivity contribution < 1.29 is 13.9 Å². The Morgan fingerprint density at radius 3 is 2.56 bits per heavy atom. The molecule has 3 aromatic carbocycles. The van der Waals surface area contributed by atoms with Crippen molar-refractivity contribution in [1.82, 2.24) is 5.32 Å². The predicted octanol–water partition coefficient (Wildman–Crippen LogP) is 8.61. The first-order valence-corrected chi connectivity index (χ1v) is 14.1. The highest BCUT2D eigenvalue weighted by molar-refractivity contribution is 6.31. The SMILES string of the molecule is C=CC(=O)Nc1cc2c(Nc3ccc(F)c(Cl)c3)cccc2cc1OCCCC1CCC(NC(C)(C)C)CC1. The van der Waals surface area contributed by atoms with E-state index in [1.54, 1.807) is 12.1 Å². The van der Waals surface area contributed by atoms with E-state index in [2.05, 4.69) is 43.3 Å². The number of anilines is 3. The van der Waals surface area contributed by atoms with Gasteiger partial charge in [0.1, 0.15) is 11.6 Å². The highest BCUT2D eigenvalue weighted by atomic mass is 35.5. The molecule has 7 heteroatoms. The summed E-state index contributed by atoms with van der Waals surface area (Å²) in [6.45, 7) is 10.8. The van der Waals surface area contributed by atoms with Crippen molar-refractivity contribution >= 4 is 45.3 Å². The minimum atomic E-state index is -0.471. The van der Waals surface area contributed by atoms with Crippen LogP contribution in [0.3, 0.4) is 0 Å². The summed E-state index contributed by atoms with van der Waals surface area (Å²) in [5, 5.41) is 11.8. The summed E-state index contributed by atoms with van der Waals surface area (Å²) in [5.74, 6) is 0.576. The third kappa shape index (κ3) is 8.20. The molecule has 3 N–H and O–H groups in total. The third-order valence-corrected chi connectivity index (χ3v) is 7.41. The quantitative estimate of drug-likeness (QED) is 0.174. The van der Waals surface area contributed by atoms with E-state index < -0.39 is 5.82 Å². The molecule has 5 nitrogen and oxygen atoms in total. The van der Waals surface area contributed by atoms with Gasteiger partial charge in [-0.05, 0) is 113 Å². The van der Waals surface area contributed by atoms with Gasteiger partial charge < -0.3 is 20.7 Å². The first-order chi connectivity index (χ1) is 18.6. The lowest BCUT2D eigenvalue weighted by Gasteiger charge is -2.34. The van der Waals surface area contributed by atoms with Crippen LogP contribution in [-0.2, 0) is 4.79 Å². The van der Waals surface area contributed by atoms with Gasteiger partial charge in [-0.1, -0.05) is 30.3 Å². The van der Waals surface area contributed by atoms with Crippen molar-refractivity contribution in [2.24, 2.45) is 5.92 Å². The second kappa shape index (κ2) is 12.8. The Morgan fingerprint density at radius 1 is 1.10 bits per heavy atom. The molecule has 1 amide bonds. The van der Waals surface area contributed by atoms with Crippen LogP contribution in [0.25, 0.3) is 10.8 Å². The summed E-state index contributed by atoms with van der Waals surface area (Å²) in [6, 6.07) is 14.8. The molecule has 1 aliphatic carbocycles. The Balaban J connectivity index is 1.43. The molecular weight excluding hydrogens is 513 g/mol. The van der Waals surface area contributed by atoms with Gasteiger partial charge in [0, 0.05) is 28.3 Å². The summed E-state index contributed by atoms with van der Waals surface area (Å²) in [6.07, 6.45) is 8.29. The van der Waals surface area contributed by atoms with Gasteiger partial charge >= 0.3 is 0 Å². The fourth-order valence-electron chi connectivity index (χ4n) is 5.31. The molecule has 0 aliphatic heterocycles. The summed E-state index contributed by atoms with van der Waals surface area (Å²) < 4.78 is 19.8. The van der Waals surface area contributed by atoms with E-state index in [0.717, 1.165) is 35.2 Å². The maximum atomic E-state index is 13.6. The van der Waals surface area contributed by atoms with E-state index in [1.807, 2.05) is 30.3 Å². The average Bonchev–Trinajstić information content (AvgIpc) is 2.89. The lowest BCUT2D eigenvalue weighted by molar-refractivity contribution is -0.111. The standard InChI is InChI=1S/C32H39ClFN3O2/c1-5-31(38)36-29-20-25-22(9-6-10-28(25)35-24-15-16-27(34)26(33)19-24)18-30(29)39-17-7-8-21-11-13-23(14-12-21)37-32(2,3)4/h5-6,9-10,15-16,18-21,23,35,37H,1,7-8,11-14,17H2,2-4H3,(H,36,38). The van der Waals surface area contributed by atoms with Gasteiger partial charge in [-0.2, -0.15) is 0 Å². The maximum Gasteiger partial charge on any atom is 0.247 e. The Morgan fingerprint density at radius 2 is 1.87 bits per heavy atom. The molecule has 0 atom stereocenters. The Labute approximate surface area is 236 Å². The van der Waals surface area contributed by atoms with Gasteiger partial charge in [-0.25, -0.2) is 4.39 Å². The zero-order valence-electron chi connectivity index (χ0n) is 23.1. The highest BCUT2D eigenvalue weighted by Gasteiger charge is 2.24. The van der Waals surface area contributed by atoms with Crippen molar-refractivity contribution in [3.8, 4) is 5.75 Å². The molecule has 1 saturated carbocycles. The van der Waals surface area contributed by atoms with Crippen LogP contribution in [0.5, 0.6) is 5.75 Å². The fourth-order valence-corrected chi connectivity index (χ4v) is 5.49. The third-order valence-electron chi connectivity index (χ3n) is 7.12. The summed E-state index contributed by atoms with van der Waals surface area (Å²) in [7, 11) is 0. The molecule has 3 aromatic rings. The van der Waals surface area contributed by atoms with Crippen LogP contribution in [0.1, 0.15) is 59.3 Å². The van der Waals surface area contributed by atoms with Gasteiger partial charge in [-0.15, -0.1) is 0 Å². The minimum absolute atomic E-state index is 0.0458. The number of hydrogen-bond donors (Lipinski definition) is 3. The van der Waals surface area contributed by atoms with E-state index >= 15 is 0 Å².